The summed E-state index contributed by atoms with van der Waals surface area (Å²) in [6, 6.07) is 6.86. The van der Waals surface area contributed by atoms with Crippen LogP contribution >= 0.6 is 11.3 Å². The fourth-order valence-electron chi connectivity index (χ4n) is 1.98. The van der Waals surface area contributed by atoms with E-state index in [1.807, 2.05) is 17.5 Å². The fourth-order valence-corrected chi connectivity index (χ4v) is 4.48. The summed E-state index contributed by atoms with van der Waals surface area (Å²) in [6.07, 6.45) is 0. The van der Waals surface area contributed by atoms with Crippen molar-refractivity contribution in [2.45, 2.75) is 31.3 Å². The first kappa shape index (κ1) is 15.9. The largest absolute Gasteiger partial charge is 0.398 e. The molecule has 0 aliphatic carbocycles. The summed E-state index contributed by atoms with van der Waals surface area (Å²) in [5.74, 6) is -0.555. The minimum Gasteiger partial charge on any atom is -0.398 e. The predicted molar refractivity (Wildman–Crippen MR) is 83.0 cm³/mol. The van der Waals surface area contributed by atoms with Crippen LogP contribution in [-0.2, 0) is 16.6 Å². The molecule has 2 rings (SSSR count). The van der Waals surface area contributed by atoms with E-state index in [0.29, 0.717) is 0 Å². The van der Waals surface area contributed by atoms with Gasteiger partial charge in [0.2, 0.25) is 10.0 Å². The van der Waals surface area contributed by atoms with Crippen LogP contribution in [0.1, 0.15) is 18.7 Å². The van der Waals surface area contributed by atoms with Crippen LogP contribution in [-0.4, -0.2) is 18.8 Å². The van der Waals surface area contributed by atoms with E-state index >= 15 is 0 Å². The Kier molecular flexibility index (Phi) is 4.65. The average molecular weight is 328 g/mol. The Morgan fingerprint density at radius 3 is 2.57 bits per heavy atom. The highest BCUT2D eigenvalue weighted by molar-refractivity contribution is 7.89. The lowest BCUT2D eigenvalue weighted by Crippen LogP contribution is -2.36. The Bertz CT molecular complexity index is 713. The maximum absolute atomic E-state index is 13.1. The number of hydrogen-bond acceptors (Lipinski definition) is 4. The highest BCUT2D eigenvalue weighted by Crippen LogP contribution is 2.27. The Balaban J connectivity index is 2.42. The standard InChI is InChI=1S/C14H17FN2O2S2/c1-10(2)17(9-12-4-3-7-20-12)21(18,19)14-6-5-11(15)8-13(14)16/h3-8,10H,9,16H2,1-2H3. The SMILES string of the molecule is CC(C)N(Cc1cccs1)S(=O)(=O)c1ccc(F)cc1N. The highest BCUT2D eigenvalue weighted by Gasteiger charge is 2.29. The van der Waals surface area contributed by atoms with Gasteiger partial charge in [0.15, 0.2) is 0 Å². The lowest BCUT2D eigenvalue weighted by Gasteiger charge is -2.26. The van der Waals surface area contributed by atoms with Gasteiger partial charge in [0.05, 0.1) is 5.69 Å². The number of hydrogen-bond donors (Lipinski definition) is 1. The Labute approximate surface area is 128 Å². The molecule has 1 aromatic heterocycles. The van der Waals surface area contributed by atoms with E-state index < -0.39 is 15.8 Å². The maximum atomic E-state index is 13.1. The van der Waals surface area contributed by atoms with Gasteiger partial charge in [-0.05, 0) is 43.5 Å². The first-order valence-electron chi connectivity index (χ1n) is 6.41. The average Bonchev–Trinajstić information content (AvgIpc) is 2.87. The van der Waals surface area contributed by atoms with E-state index in [9.17, 15) is 12.8 Å². The fraction of sp³-hybridized carbons (Fsp3) is 0.286. The number of anilines is 1. The third-order valence-corrected chi connectivity index (χ3v) is 5.98. The quantitative estimate of drug-likeness (QED) is 0.858. The van der Waals surface area contributed by atoms with Gasteiger partial charge in [-0.15, -0.1) is 11.3 Å². The van der Waals surface area contributed by atoms with Crippen molar-refractivity contribution in [2.24, 2.45) is 0 Å². The van der Waals surface area contributed by atoms with Gasteiger partial charge in [0.1, 0.15) is 10.7 Å². The molecule has 0 saturated heterocycles. The first-order valence-corrected chi connectivity index (χ1v) is 8.73. The summed E-state index contributed by atoms with van der Waals surface area (Å²) < 4.78 is 40.0. The molecule has 0 amide bonds. The van der Waals surface area contributed by atoms with Crippen LogP contribution in [0.5, 0.6) is 0 Å². The molecular weight excluding hydrogens is 311 g/mol. The smallest absolute Gasteiger partial charge is 0.245 e. The molecule has 1 heterocycles. The molecule has 0 spiro atoms. The van der Waals surface area contributed by atoms with Crippen LogP contribution in [0.15, 0.2) is 40.6 Å². The first-order chi connectivity index (χ1) is 9.82. The second-order valence-electron chi connectivity index (χ2n) is 4.91. The summed E-state index contributed by atoms with van der Waals surface area (Å²) in [4.78, 5) is 0.877. The molecule has 0 bridgehead atoms. The van der Waals surface area contributed by atoms with Gasteiger partial charge < -0.3 is 5.73 Å². The molecule has 4 nitrogen and oxygen atoms in total. The van der Waals surface area contributed by atoms with Crippen molar-refractivity contribution in [3.8, 4) is 0 Å². The van der Waals surface area contributed by atoms with Gasteiger partial charge >= 0.3 is 0 Å². The third kappa shape index (κ3) is 3.42. The third-order valence-electron chi connectivity index (χ3n) is 3.03. The van der Waals surface area contributed by atoms with Crippen LogP contribution in [0.3, 0.4) is 0 Å². The number of benzene rings is 1. The lowest BCUT2D eigenvalue weighted by atomic mass is 10.3. The molecule has 0 atom stereocenters. The summed E-state index contributed by atoms with van der Waals surface area (Å²) in [6.45, 7) is 3.87. The molecule has 0 saturated carbocycles. The molecular formula is C14H17FN2O2S2. The molecule has 2 N–H and O–H groups in total. The number of rotatable bonds is 5. The van der Waals surface area contributed by atoms with E-state index in [4.69, 9.17) is 5.73 Å². The van der Waals surface area contributed by atoms with Crippen molar-refractivity contribution in [2.75, 3.05) is 5.73 Å². The van der Waals surface area contributed by atoms with Gasteiger partial charge in [0.25, 0.3) is 0 Å². The van der Waals surface area contributed by atoms with Crippen LogP contribution in [0.2, 0.25) is 0 Å². The molecule has 7 heteroatoms. The summed E-state index contributed by atoms with van der Waals surface area (Å²) in [5, 5.41) is 1.90. The summed E-state index contributed by atoms with van der Waals surface area (Å²) >= 11 is 1.49. The van der Waals surface area contributed by atoms with Gasteiger partial charge in [-0.3, -0.25) is 0 Å². The second kappa shape index (κ2) is 6.13. The van der Waals surface area contributed by atoms with Crippen molar-refractivity contribution < 1.29 is 12.8 Å². The van der Waals surface area contributed by atoms with Crippen LogP contribution in [0.25, 0.3) is 0 Å². The predicted octanol–water partition coefficient (Wildman–Crippen LogP) is 3.07. The van der Waals surface area contributed by atoms with E-state index in [0.717, 1.165) is 17.0 Å². The Morgan fingerprint density at radius 2 is 2.05 bits per heavy atom. The zero-order chi connectivity index (χ0) is 15.6. The minimum atomic E-state index is -3.78. The molecule has 0 radical (unpaired) electrons. The Morgan fingerprint density at radius 1 is 1.33 bits per heavy atom. The highest BCUT2D eigenvalue weighted by atomic mass is 32.2. The number of nitrogens with zero attached hydrogens (tertiary/aromatic N) is 1. The zero-order valence-electron chi connectivity index (χ0n) is 11.8. The number of nitrogen functional groups attached to an aromatic ring is 1. The van der Waals surface area contributed by atoms with Crippen molar-refractivity contribution in [3.05, 3.63) is 46.4 Å². The van der Waals surface area contributed by atoms with E-state index in [1.165, 1.54) is 21.7 Å². The van der Waals surface area contributed by atoms with Gasteiger partial charge in [-0.1, -0.05) is 6.07 Å². The number of sulfonamides is 1. The summed E-state index contributed by atoms with van der Waals surface area (Å²) in [5.41, 5.74) is 5.60. The Hall–Kier alpha value is -1.44. The van der Waals surface area contributed by atoms with Crippen LogP contribution < -0.4 is 5.73 Å². The number of halogens is 1. The topological polar surface area (TPSA) is 63.4 Å². The van der Waals surface area contributed by atoms with Crippen molar-refractivity contribution in [1.29, 1.82) is 0 Å². The van der Waals surface area contributed by atoms with E-state index in [-0.39, 0.29) is 23.2 Å². The minimum absolute atomic E-state index is 0.0610. The summed E-state index contributed by atoms with van der Waals surface area (Å²) in [7, 11) is -3.78. The maximum Gasteiger partial charge on any atom is 0.245 e. The van der Waals surface area contributed by atoms with Crippen LogP contribution in [0.4, 0.5) is 10.1 Å². The van der Waals surface area contributed by atoms with Gasteiger partial charge in [-0.2, -0.15) is 4.31 Å². The van der Waals surface area contributed by atoms with Crippen molar-refractivity contribution in [1.82, 2.24) is 4.31 Å². The molecule has 0 fully saturated rings. The molecule has 0 aliphatic heterocycles. The van der Waals surface area contributed by atoms with Crippen molar-refractivity contribution in [3.63, 3.8) is 0 Å². The normalized spacial score (nSPS) is 12.2. The number of nitrogens with two attached hydrogens (primary N) is 1. The molecule has 21 heavy (non-hydrogen) atoms. The molecule has 1 aromatic carbocycles. The zero-order valence-corrected chi connectivity index (χ0v) is 13.4. The molecule has 2 aromatic rings. The van der Waals surface area contributed by atoms with Crippen LogP contribution in [0, 0.1) is 5.82 Å². The van der Waals surface area contributed by atoms with E-state index in [1.54, 1.807) is 13.8 Å². The van der Waals surface area contributed by atoms with Gasteiger partial charge in [0, 0.05) is 17.5 Å². The molecule has 114 valence electrons. The molecule has 0 aliphatic rings. The van der Waals surface area contributed by atoms with E-state index in [2.05, 4.69) is 0 Å². The number of thiophene rings is 1. The lowest BCUT2D eigenvalue weighted by molar-refractivity contribution is 0.350. The molecule has 0 unspecified atom stereocenters. The monoisotopic (exact) mass is 328 g/mol. The van der Waals surface area contributed by atoms with Gasteiger partial charge in [-0.25, -0.2) is 12.8 Å². The van der Waals surface area contributed by atoms with Crippen molar-refractivity contribution >= 4 is 27.0 Å². The second-order valence-corrected chi connectivity index (χ2v) is 7.80.